The van der Waals surface area contributed by atoms with Gasteiger partial charge in [-0.25, -0.2) is 8.78 Å². The highest BCUT2D eigenvalue weighted by Gasteiger charge is 2.34. The number of carbonyl (C=O) groups is 2. The Labute approximate surface area is 144 Å². The third kappa shape index (κ3) is 3.52. The van der Waals surface area contributed by atoms with Crippen molar-refractivity contribution in [2.75, 3.05) is 11.4 Å². The van der Waals surface area contributed by atoms with Crippen LogP contribution in [0.1, 0.15) is 27.9 Å². The maximum Gasteiger partial charge on any atom is 0.255 e. The maximum atomic E-state index is 13.7. The summed E-state index contributed by atoms with van der Waals surface area (Å²) in [5, 5.41) is 2.51. The number of nitrogens with zero attached hydrogens (tertiary/aromatic N) is 1. The summed E-state index contributed by atoms with van der Waals surface area (Å²) in [6.45, 7) is 4.35. The van der Waals surface area contributed by atoms with E-state index in [1.54, 1.807) is 4.90 Å². The standard InChI is InChI=1S/C19H18F2N2O2/c1-11-7-12(2)9-14(8-11)23-6-5-17(19(23)25)22-18(24)15-10-13(20)3-4-16(15)21/h3-4,7-10,17H,5-6H2,1-2H3,(H,22,24)/t17-/m0/s1. The molecule has 1 aliphatic rings. The van der Waals surface area contributed by atoms with Crippen LogP contribution in [0.4, 0.5) is 14.5 Å². The van der Waals surface area contributed by atoms with Crippen LogP contribution in [0.25, 0.3) is 0 Å². The van der Waals surface area contributed by atoms with Gasteiger partial charge in [-0.1, -0.05) is 6.07 Å². The van der Waals surface area contributed by atoms with Gasteiger partial charge in [0.25, 0.3) is 5.91 Å². The Morgan fingerprint density at radius 1 is 1.12 bits per heavy atom. The lowest BCUT2D eigenvalue weighted by Crippen LogP contribution is -2.41. The topological polar surface area (TPSA) is 49.4 Å². The van der Waals surface area contributed by atoms with Crippen molar-refractivity contribution in [2.24, 2.45) is 0 Å². The Bertz CT molecular complexity index is 831. The van der Waals surface area contributed by atoms with Gasteiger partial charge in [-0.2, -0.15) is 0 Å². The Balaban J connectivity index is 1.76. The summed E-state index contributed by atoms with van der Waals surface area (Å²) in [5.74, 6) is -2.58. The zero-order valence-corrected chi connectivity index (χ0v) is 14.0. The van der Waals surface area contributed by atoms with E-state index in [9.17, 15) is 18.4 Å². The van der Waals surface area contributed by atoms with E-state index in [0.717, 1.165) is 35.0 Å². The number of rotatable bonds is 3. The fraction of sp³-hybridized carbons (Fsp3) is 0.263. The number of halogens is 2. The summed E-state index contributed by atoms with van der Waals surface area (Å²) in [6.07, 6.45) is 0.411. The molecule has 0 saturated carbocycles. The molecule has 0 bridgehead atoms. The molecule has 0 aliphatic carbocycles. The van der Waals surface area contributed by atoms with Crippen LogP contribution >= 0.6 is 0 Å². The minimum absolute atomic E-state index is 0.254. The van der Waals surface area contributed by atoms with Crippen LogP contribution < -0.4 is 10.2 Å². The van der Waals surface area contributed by atoms with Gasteiger partial charge in [0.15, 0.2) is 0 Å². The zero-order chi connectivity index (χ0) is 18.1. The first-order valence-electron chi connectivity index (χ1n) is 8.01. The predicted octanol–water partition coefficient (Wildman–Crippen LogP) is 3.12. The SMILES string of the molecule is Cc1cc(C)cc(N2CC[C@H](NC(=O)c3cc(F)ccc3F)C2=O)c1. The van der Waals surface area contributed by atoms with Crippen molar-refractivity contribution in [3.05, 3.63) is 64.7 Å². The molecular formula is C19H18F2N2O2. The minimum Gasteiger partial charge on any atom is -0.340 e. The third-order valence-corrected chi connectivity index (χ3v) is 4.20. The maximum absolute atomic E-state index is 13.7. The average Bonchev–Trinajstić information content (AvgIpc) is 2.89. The largest absolute Gasteiger partial charge is 0.340 e. The van der Waals surface area contributed by atoms with E-state index in [2.05, 4.69) is 5.32 Å². The summed E-state index contributed by atoms with van der Waals surface area (Å²) in [7, 11) is 0. The van der Waals surface area contributed by atoms with Gasteiger partial charge in [0, 0.05) is 12.2 Å². The summed E-state index contributed by atoms with van der Waals surface area (Å²) < 4.78 is 26.9. The molecule has 3 rings (SSSR count). The van der Waals surface area contributed by atoms with Crippen LogP contribution in [-0.2, 0) is 4.79 Å². The number of carbonyl (C=O) groups excluding carboxylic acids is 2. The number of amides is 2. The first-order chi connectivity index (χ1) is 11.8. The van der Waals surface area contributed by atoms with Crippen molar-refractivity contribution < 1.29 is 18.4 Å². The smallest absolute Gasteiger partial charge is 0.255 e. The highest BCUT2D eigenvalue weighted by atomic mass is 19.1. The second-order valence-electron chi connectivity index (χ2n) is 6.27. The van der Waals surface area contributed by atoms with E-state index < -0.39 is 29.1 Å². The Kier molecular flexibility index (Phi) is 4.53. The second kappa shape index (κ2) is 6.63. The molecule has 1 atom stereocenters. The molecule has 0 unspecified atom stereocenters. The molecule has 0 radical (unpaired) electrons. The van der Waals surface area contributed by atoms with Crippen LogP contribution in [0.15, 0.2) is 36.4 Å². The second-order valence-corrected chi connectivity index (χ2v) is 6.27. The van der Waals surface area contributed by atoms with E-state index in [1.165, 1.54) is 0 Å². The molecule has 4 nitrogen and oxygen atoms in total. The van der Waals surface area contributed by atoms with Gasteiger partial charge in [-0.15, -0.1) is 0 Å². The number of benzene rings is 2. The molecule has 1 N–H and O–H groups in total. The lowest BCUT2D eigenvalue weighted by molar-refractivity contribution is -0.118. The van der Waals surface area contributed by atoms with Crippen molar-refractivity contribution in [1.82, 2.24) is 5.32 Å². The van der Waals surface area contributed by atoms with Crippen LogP contribution in [0, 0.1) is 25.5 Å². The fourth-order valence-electron chi connectivity index (χ4n) is 3.08. The molecule has 6 heteroatoms. The Morgan fingerprint density at radius 2 is 1.80 bits per heavy atom. The van der Waals surface area contributed by atoms with Crippen molar-refractivity contribution >= 4 is 17.5 Å². The minimum atomic E-state index is -0.824. The van der Waals surface area contributed by atoms with Gasteiger partial charge in [-0.3, -0.25) is 9.59 Å². The predicted molar refractivity (Wildman–Crippen MR) is 90.5 cm³/mol. The van der Waals surface area contributed by atoms with Crippen molar-refractivity contribution in [2.45, 2.75) is 26.3 Å². The average molecular weight is 344 g/mol. The van der Waals surface area contributed by atoms with Gasteiger partial charge < -0.3 is 10.2 Å². The molecule has 130 valence electrons. The Morgan fingerprint density at radius 3 is 2.48 bits per heavy atom. The lowest BCUT2D eigenvalue weighted by atomic mass is 10.1. The first kappa shape index (κ1) is 17.1. The van der Waals surface area contributed by atoms with E-state index in [-0.39, 0.29) is 5.91 Å². The van der Waals surface area contributed by atoms with E-state index in [0.29, 0.717) is 13.0 Å². The summed E-state index contributed by atoms with van der Waals surface area (Å²) in [5.41, 5.74) is 2.45. The van der Waals surface area contributed by atoms with Crippen LogP contribution in [0.5, 0.6) is 0 Å². The highest BCUT2D eigenvalue weighted by Crippen LogP contribution is 2.24. The van der Waals surface area contributed by atoms with Crippen molar-refractivity contribution in [3.8, 4) is 0 Å². The fourth-order valence-corrected chi connectivity index (χ4v) is 3.08. The quantitative estimate of drug-likeness (QED) is 0.930. The van der Waals surface area contributed by atoms with Crippen molar-refractivity contribution in [1.29, 1.82) is 0 Å². The lowest BCUT2D eigenvalue weighted by Gasteiger charge is -2.18. The summed E-state index contributed by atoms with van der Waals surface area (Å²) >= 11 is 0. The van der Waals surface area contributed by atoms with Gasteiger partial charge in [0.1, 0.15) is 17.7 Å². The van der Waals surface area contributed by atoms with Gasteiger partial charge in [0.05, 0.1) is 5.56 Å². The molecular weight excluding hydrogens is 326 g/mol. The number of nitrogens with one attached hydrogen (secondary N) is 1. The van der Waals surface area contributed by atoms with Crippen LogP contribution in [-0.4, -0.2) is 24.4 Å². The summed E-state index contributed by atoms with van der Waals surface area (Å²) in [6, 6.07) is 7.72. The third-order valence-electron chi connectivity index (χ3n) is 4.20. The molecule has 2 amide bonds. The molecule has 2 aromatic carbocycles. The van der Waals surface area contributed by atoms with Gasteiger partial charge >= 0.3 is 0 Å². The van der Waals surface area contributed by atoms with Crippen LogP contribution in [0.2, 0.25) is 0 Å². The van der Waals surface area contributed by atoms with E-state index in [4.69, 9.17) is 0 Å². The molecule has 1 saturated heterocycles. The number of hydrogen-bond donors (Lipinski definition) is 1. The van der Waals surface area contributed by atoms with Crippen molar-refractivity contribution in [3.63, 3.8) is 0 Å². The van der Waals surface area contributed by atoms with Gasteiger partial charge in [0.2, 0.25) is 5.91 Å². The zero-order valence-electron chi connectivity index (χ0n) is 14.0. The van der Waals surface area contributed by atoms with E-state index in [1.807, 2.05) is 32.0 Å². The highest BCUT2D eigenvalue weighted by molar-refractivity contribution is 6.04. The number of hydrogen-bond acceptors (Lipinski definition) is 2. The van der Waals surface area contributed by atoms with Gasteiger partial charge in [-0.05, 0) is 61.7 Å². The molecule has 2 aromatic rings. The number of aryl methyl sites for hydroxylation is 2. The summed E-state index contributed by atoms with van der Waals surface area (Å²) in [4.78, 5) is 26.4. The monoisotopic (exact) mass is 344 g/mol. The normalized spacial score (nSPS) is 17.0. The molecule has 0 aromatic heterocycles. The molecule has 1 aliphatic heterocycles. The number of anilines is 1. The molecule has 0 spiro atoms. The van der Waals surface area contributed by atoms with Crippen LogP contribution in [0.3, 0.4) is 0 Å². The molecule has 25 heavy (non-hydrogen) atoms. The Hall–Kier alpha value is -2.76. The molecule has 1 fully saturated rings. The molecule has 1 heterocycles. The van der Waals surface area contributed by atoms with E-state index >= 15 is 0 Å². The first-order valence-corrected chi connectivity index (χ1v) is 8.01.